The highest BCUT2D eigenvalue weighted by atomic mass is 35.5. The third-order valence-corrected chi connectivity index (χ3v) is 4.39. The molecule has 0 saturated carbocycles. The van der Waals surface area contributed by atoms with Crippen LogP contribution >= 0.6 is 11.6 Å². The first kappa shape index (κ1) is 21.9. The Balaban J connectivity index is 2.14. The second-order valence-corrected chi connectivity index (χ2v) is 6.40. The van der Waals surface area contributed by atoms with Gasteiger partial charge < -0.3 is 24.8 Å². The van der Waals surface area contributed by atoms with Crippen LogP contribution in [0.2, 0.25) is 5.02 Å². The Bertz CT molecular complexity index is 953. The summed E-state index contributed by atoms with van der Waals surface area (Å²) in [4.78, 5) is 12.5. The first-order chi connectivity index (χ1) is 13.9. The van der Waals surface area contributed by atoms with Crippen LogP contribution in [0.25, 0.3) is 0 Å². The second-order valence-electron chi connectivity index (χ2n) is 5.97. The number of rotatable bonds is 8. The summed E-state index contributed by atoms with van der Waals surface area (Å²) >= 11 is 5.99. The summed E-state index contributed by atoms with van der Waals surface area (Å²) in [6.45, 7) is 1.81. The molecule has 2 rings (SSSR count). The number of halogens is 1. The molecule has 2 aromatic rings. The van der Waals surface area contributed by atoms with Gasteiger partial charge in [0.1, 0.15) is 17.4 Å². The minimum Gasteiger partial charge on any atom is -0.495 e. The van der Waals surface area contributed by atoms with Crippen LogP contribution in [0.3, 0.4) is 0 Å². The summed E-state index contributed by atoms with van der Waals surface area (Å²) in [5, 5.41) is 15.5. The standard InChI is InChI=1S/C21H22ClN3O4/c1-13(14-5-7-19(28-3)20(9-14)29-4)25-21(26)15(11-23)12-24-17-10-16(22)6-8-18(17)27-2/h5-10,12-13,24H,1-4H3,(H,25,26)/b15-12-. The number of hydrogen-bond acceptors (Lipinski definition) is 6. The van der Waals surface area contributed by atoms with Crippen LogP contribution in [0.5, 0.6) is 17.2 Å². The number of nitrogens with one attached hydrogen (secondary N) is 2. The van der Waals surface area contributed by atoms with Gasteiger partial charge in [0, 0.05) is 11.2 Å². The van der Waals surface area contributed by atoms with Crippen molar-refractivity contribution in [3.8, 4) is 23.3 Å². The van der Waals surface area contributed by atoms with Gasteiger partial charge in [-0.3, -0.25) is 4.79 Å². The van der Waals surface area contributed by atoms with Gasteiger partial charge in [-0.1, -0.05) is 17.7 Å². The third-order valence-electron chi connectivity index (χ3n) is 4.15. The van der Waals surface area contributed by atoms with Gasteiger partial charge in [0.2, 0.25) is 0 Å². The van der Waals surface area contributed by atoms with Gasteiger partial charge in [0.25, 0.3) is 5.91 Å². The molecule has 0 aliphatic rings. The first-order valence-corrected chi connectivity index (χ1v) is 9.04. The Labute approximate surface area is 174 Å². The molecule has 0 spiro atoms. The highest BCUT2D eigenvalue weighted by Gasteiger charge is 2.16. The fourth-order valence-electron chi connectivity index (χ4n) is 2.57. The van der Waals surface area contributed by atoms with E-state index in [1.54, 1.807) is 37.4 Å². The number of anilines is 1. The number of methoxy groups -OCH3 is 3. The maximum atomic E-state index is 12.5. The highest BCUT2D eigenvalue weighted by Crippen LogP contribution is 2.30. The van der Waals surface area contributed by atoms with Crippen molar-refractivity contribution in [3.05, 3.63) is 58.8 Å². The van der Waals surface area contributed by atoms with Crippen LogP contribution in [0.1, 0.15) is 18.5 Å². The topological polar surface area (TPSA) is 92.6 Å². The maximum absolute atomic E-state index is 12.5. The number of benzene rings is 2. The van der Waals surface area contributed by atoms with E-state index in [-0.39, 0.29) is 11.6 Å². The number of carbonyl (C=O) groups excluding carboxylic acids is 1. The van der Waals surface area contributed by atoms with Crippen molar-refractivity contribution in [2.75, 3.05) is 26.6 Å². The average molecular weight is 416 g/mol. The van der Waals surface area contributed by atoms with Gasteiger partial charge >= 0.3 is 0 Å². The van der Waals surface area contributed by atoms with E-state index in [0.717, 1.165) is 5.56 Å². The van der Waals surface area contributed by atoms with E-state index >= 15 is 0 Å². The molecule has 1 unspecified atom stereocenters. The molecule has 7 nitrogen and oxygen atoms in total. The average Bonchev–Trinajstić information content (AvgIpc) is 2.73. The van der Waals surface area contributed by atoms with Crippen LogP contribution < -0.4 is 24.8 Å². The quantitative estimate of drug-likeness (QED) is 0.499. The number of ether oxygens (including phenoxy) is 3. The molecule has 1 amide bonds. The van der Waals surface area contributed by atoms with Crippen LogP contribution in [0, 0.1) is 11.3 Å². The molecule has 1 atom stereocenters. The largest absolute Gasteiger partial charge is 0.495 e. The fourth-order valence-corrected chi connectivity index (χ4v) is 2.74. The van der Waals surface area contributed by atoms with E-state index in [9.17, 15) is 10.1 Å². The van der Waals surface area contributed by atoms with E-state index in [0.29, 0.717) is 28.0 Å². The lowest BCUT2D eigenvalue weighted by Crippen LogP contribution is -2.28. The number of amides is 1. The van der Waals surface area contributed by atoms with E-state index in [1.165, 1.54) is 20.4 Å². The molecule has 8 heteroatoms. The lowest BCUT2D eigenvalue weighted by Gasteiger charge is -2.16. The minimum atomic E-state index is -0.525. The zero-order valence-electron chi connectivity index (χ0n) is 16.6. The van der Waals surface area contributed by atoms with E-state index in [1.807, 2.05) is 19.1 Å². The van der Waals surface area contributed by atoms with Crippen molar-refractivity contribution in [1.29, 1.82) is 5.26 Å². The molecule has 0 aliphatic heterocycles. The van der Waals surface area contributed by atoms with Crippen molar-refractivity contribution >= 4 is 23.2 Å². The van der Waals surface area contributed by atoms with Gasteiger partial charge in [0.05, 0.1) is 33.1 Å². The van der Waals surface area contributed by atoms with Crippen molar-refractivity contribution in [1.82, 2.24) is 5.32 Å². The molecule has 152 valence electrons. The van der Waals surface area contributed by atoms with Gasteiger partial charge in [0.15, 0.2) is 11.5 Å². The molecular weight excluding hydrogens is 394 g/mol. The summed E-state index contributed by atoms with van der Waals surface area (Å²) in [6, 6.07) is 11.9. The molecule has 0 heterocycles. The SMILES string of the molecule is COc1ccc(Cl)cc1N/C=C(/C#N)C(=O)NC(C)c1ccc(OC)c(OC)c1. The molecule has 0 saturated heterocycles. The smallest absolute Gasteiger partial charge is 0.263 e. The molecule has 0 bridgehead atoms. The summed E-state index contributed by atoms with van der Waals surface area (Å²) in [5.74, 6) is 1.15. The molecular formula is C21H22ClN3O4. The van der Waals surface area contributed by atoms with E-state index < -0.39 is 5.91 Å². The van der Waals surface area contributed by atoms with Crippen LogP contribution in [-0.2, 0) is 4.79 Å². The lowest BCUT2D eigenvalue weighted by atomic mass is 10.1. The lowest BCUT2D eigenvalue weighted by molar-refractivity contribution is -0.117. The van der Waals surface area contributed by atoms with Crippen LogP contribution in [0.4, 0.5) is 5.69 Å². The Kier molecular flexibility index (Phi) is 7.75. The van der Waals surface area contributed by atoms with Gasteiger partial charge in [-0.05, 0) is 42.8 Å². The predicted molar refractivity (Wildman–Crippen MR) is 111 cm³/mol. The third kappa shape index (κ3) is 5.56. The molecule has 0 radical (unpaired) electrons. The Hall–Kier alpha value is -3.37. The van der Waals surface area contributed by atoms with Gasteiger partial charge in [-0.2, -0.15) is 5.26 Å². The Morgan fingerprint density at radius 3 is 2.34 bits per heavy atom. The fraction of sp³-hybridized carbons (Fsp3) is 0.238. The minimum absolute atomic E-state index is 0.0978. The van der Waals surface area contributed by atoms with Crippen molar-refractivity contribution in [2.45, 2.75) is 13.0 Å². The second kappa shape index (κ2) is 10.2. The number of nitrogens with zero attached hydrogens (tertiary/aromatic N) is 1. The summed E-state index contributed by atoms with van der Waals surface area (Å²) < 4.78 is 15.7. The summed E-state index contributed by atoms with van der Waals surface area (Å²) in [5.41, 5.74) is 1.24. The Morgan fingerprint density at radius 1 is 1.07 bits per heavy atom. The van der Waals surface area contributed by atoms with E-state index in [4.69, 9.17) is 25.8 Å². The molecule has 2 N–H and O–H groups in total. The zero-order chi connectivity index (χ0) is 21.4. The van der Waals surface area contributed by atoms with E-state index in [2.05, 4.69) is 10.6 Å². The normalized spacial score (nSPS) is 11.8. The van der Waals surface area contributed by atoms with Crippen molar-refractivity contribution in [2.24, 2.45) is 0 Å². The summed E-state index contributed by atoms with van der Waals surface area (Å²) in [6.07, 6.45) is 1.31. The van der Waals surface area contributed by atoms with Crippen molar-refractivity contribution < 1.29 is 19.0 Å². The van der Waals surface area contributed by atoms with Crippen molar-refractivity contribution in [3.63, 3.8) is 0 Å². The maximum Gasteiger partial charge on any atom is 0.263 e. The molecule has 2 aromatic carbocycles. The van der Waals surface area contributed by atoms with Gasteiger partial charge in [-0.15, -0.1) is 0 Å². The van der Waals surface area contributed by atoms with Gasteiger partial charge in [-0.25, -0.2) is 0 Å². The number of nitriles is 1. The monoisotopic (exact) mass is 415 g/mol. The number of hydrogen-bond donors (Lipinski definition) is 2. The molecule has 0 aliphatic carbocycles. The molecule has 0 fully saturated rings. The molecule has 0 aromatic heterocycles. The summed E-state index contributed by atoms with van der Waals surface area (Å²) in [7, 11) is 4.60. The van der Waals surface area contributed by atoms with Crippen LogP contribution in [-0.4, -0.2) is 27.2 Å². The zero-order valence-corrected chi connectivity index (χ0v) is 17.3. The Morgan fingerprint density at radius 2 is 1.72 bits per heavy atom. The number of carbonyl (C=O) groups is 1. The first-order valence-electron chi connectivity index (χ1n) is 8.66. The molecule has 29 heavy (non-hydrogen) atoms. The predicted octanol–water partition coefficient (Wildman–Crippen LogP) is 4.06. The van der Waals surface area contributed by atoms with Crippen LogP contribution in [0.15, 0.2) is 48.2 Å². The highest BCUT2D eigenvalue weighted by molar-refractivity contribution is 6.30.